The smallest absolute Gasteiger partial charge is 0.187 e. The Kier molecular flexibility index (Phi) is 6.83. The lowest BCUT2D eigenvalue weighted by atomic mass is 9.70. The molecule has 0 bridgehead atoms. The molecule has 0 fully saturated rings. The molecule has 254 valence electrons. The van der Waals surface area contributed by atoms with E-state index in [4.69, 9.17) is 16.5 Å². The summed E-state index contributed by atoms with van der Waals surface area (Å²) in [7, 11) is 0. The fraction of sp³-hybridized carbons (Fsp3) is 0.0192. The van der Waals surface area contributed by atoms with Gasteiger partial charge in [-0.25, -0.2) is 14.8 Å². The third kappa shape index (κ3) is 4.56. The Balaban J connectivity index is 1.14. The van der Waals surface area contributed by atoms with Crippen molar-refractivity contribution < 1.29 is 0 Å². The molecule has 1 spiro atoms. The lowest BCUT2D eigenvalue weighted by Crippen LogP contribution is -2.25. The van der Waals surface area contributed by atoms with Crippen LogP contribution < -0.4 is 0 Å². The zero-order chi connectivity index (χ0) is 36.5. The Morgan fingerprint density at radius 3 is 1.76 bits per heavy atom. The van der Waals surface area contributed by atoms with Gasteiger partial charge >= 0.3 is 0 Å². The minimum atomic E-state index is -0.489. The van der Waals surface area contributed by atoms with Crippen LogP contribution in [0.3, 0.4) is 0 Å². The van der Waals surface area contributed by atoms with E-state index in [1.165, 1.54) is 38.9 Å². The van der Waals surface area contributed by atoms with Crippen LogP contribution in [0.2, 0.25) is 0 Å². The number of hydrogen-bond donors (Lipinski definition) is 0. The lowest BCUT2D eigenvalue weighted by Gasteiger charge is -2.30. The predicted molar refractivity (Wildman–Crippen MR) is 224 cm³/mol. The fourth-order valence-corrected chi connectivity index (χ4v) is 9.23. The van der Waals surface area contributed by atoms with E-state index in [0.717, 1.165) is 55.5 Å². The third-order valence-corrected chi connectivity index (χ3v) is 11.5. The first-order chi connectivity index (χ1) is 27.2. The zero-order valence-corrected chi connectivity index (χ0v) is 29.7. The molecule has 0 atom stereocenters. The van der Waals surface area contributed by atoms with Crippen molar-refractivity contribution in [3.8, 4) is 67.3 Å². The number of rotatable bonds is 4. The van der Waals surface area contributed by atoms with Gasteiger partial charge in [0, 0.05) is 16.7 Å². The molecule has 0 amide bonds. The molecule has 2 aliphatic carbocycles. The fourth-order valence-electron chi connectivity index (χ4n) is 9.23. The highest BCUT2D eigenvalue weighted by molar-refractivity contribution is 6.01. The molecule has 2 aliphatic rings. The first-order valence-corrected chi connectivity index (χ1v) is 18.6. The van der Waals surface area contributed by atoms with Gasteiger partial charge in [0.15, 0.2) is 11.5 Å². The molecule has 9 aromatic rings. The Labute approximate surface area is 319 Å². The summed E-state index contributed by atoms with van der Waals surface area (Å²) in [6.45, 7) is 7.98. The first-order valence-electron chi connectivity index (χ1n) is 18.6. The van der Waals surface area contributed by atoms with Crippen LogP contribution in [-0.4, -0.2) is 9.97 Å². The van der Waals surface area contributed by atoms with Crippen LogP contribution in [-0.2, 0) is 5.41 Å². The Morgan fingerprint density at radius 2 is 0.964 bits per heavy atom. The van der Waals surface area contributed by atoms with Gasteiger partial charge in [0.1, 0.15) is 0 Å². The largest absolute Gasteiger partial charge is 0.238 e. The second kappa shape index (κ2) is 12.1. The summed E-state index contributed by atoms with van der Waals surface area (Å²) in [6, 6.07) is 66.6. The van der Waals surface area contributed by atoms with Gasteiger partial charge in [0.05, 0.1) is 23.4 Å². The number of benzene rings is 8. The Bertz CT molecular complexity index is 3010. The molecule has 0 saturated heterocycles. The van der Waals surface area contributed by atoms with Crippen LogP contribution in [0.4, 0.5) is 5.69 Å². The van der Waals surface area contributed by atoms with Crippen LogP contribution in [0.1, 0.15) is 22.3 Å². The molecule has 55 heavy (non-hydrogen) atoms. The summed E-state index contributed by atoms with van der Waals surface area (Å²) < 4.78 is 0. The molecule has 8 aromatic carbocycles. The van der Waals surface area contributed by atoms with Crippen molar-refractivity contribution in [2.75, 3.05) is 0 Å². The summed E-state index contributed by atoms with van der Waals surface area (Å²) in [5.74, 6) is 0.695. The quantitative estimate of drug-likeness (QED) is 0.171. The topological polar surface area (TPSA) is 30.1 Å². The number of aromatic nitrogens is 2. The van der Waals surface area contributed by atoms with Gasteiger partial charge in [-0.05, 0) is 84.6 Å². The van der Waals surface area contributed by atoms with Crippen molar-refractivity contribution in [3.05, 3.63) is 222 Å². The molecule has 3 nitrogen and oxygen atoms in total. The van der Waals surface area contributed by atoms with Crippen LogP contribution in [0.5, 0.6) is 0 Å². The molecular formula is C52H31N3. The summed E-state index contributed by atoms with van der Waals surface area (Å²) in [5.41, 5.74) is 17.0. The molecule has 1 aromatic heterocycles. The van der Waals surface area contributed by atoms with Crippen molar-refractivity contribution in [1.29, 1.82) is 0 Å². The van der Waals surface area contributed by atoms with Crippen LogP contribution in [0.25, 0.3) is 82.9 Å². The second-order valence-electron chi connectivity index (χ2n) is 14.3. The van der Waals surface area contributed by atoms with E-state index < -0.39 is 5.41 Å². The highest BCUT2D eigenvalue weighted by Crippen LogP contribution is 2.64. The monoisotopic (exact) mass is 697 g/mol. The molecule has 0 N–H and O–H groups in total. The number of nitrogens with zero attached hydrogens (tertiary/aromatic N) is 3. The van der Waals surface area contributed by atoms with Gasteiger partial charge < -0.3 is 0 Å². The van der Waals surface area contributed by atoms with E-state index in [0.29, 0.717) is 11.5 Å². The average molecular weight is 698 g/mol. The van der Waals surface area contributed by atoms with Crippen molar-refractivity contribution in [2.24, 2.45) is 0 Å². The van der Waals surface area contributed by atoms with Gasteiger partial charge in [0.2, 0.25) is 0 Å². The van der Waals surface area contributed by atoms with Crippen molar-refractivity contribution in [1.82, 2.24) is 9.97 Å². The van der Waals surface area contributed by atoms with Gasteiger partial charge in [-0.3, -0.25) is 0 Å². The lowest BCUT2D eigenvalue weighted by molar-refractivity contribution is 0.794. The number of hydrogen-bond acceptors (Lipinski definition) is 2. The molecule has 3 heteroatoms. The molecule has 0 saturated carbocycles. The summed E-state index contributed by atoms with van der Waals surface area (Å²) in [6.07, 6.45) is 0. The van der Waals surface area contributed by atoms with E-state index in [-0.39, 0.29) is 0 Å². The normalized spacial score (nSPS) is 12.9. The second-order valence-corrected chi connectivity index (χ2v) is 14.3. The molecule has 1 heterocycles. The van der Waals surface area contributed by atoms with Gasteiger partial charge in [-0.2, -0.15) is 0 Å². The highest BCUT2D eigenvalue weighted by Gasteiger charge is 2.52. The third-order valence-electron chi connectivity index (χ3n) is 11.5. The van der Waals surface area contributed by atoms with Crippen molar-refractivity contribution in [2.45, 2.75) is 5.41 Å². The SMILES string of the molecule is [C-]#[N+]c1ccc2c(c1)-c1c(-c3cccc(-c4cc(-c5ccccc5)nc(-c5cccc6ccccc56)n4)c3)cccc1C21c2ccccc2-c2ccccc21. The van der Waals surface area contributed by atoms with E-state index in [2.05, 4.69) is 181 Å². The first kappa shape index (κ1) is 31.1. The maximum Gasteiger partial charge on any atom is 0.187 e. The minimum Gasteiger partial charge on any atom is -0.238 e. The Hall–Kier alpha value is -7.41. The van der Waals surface area contributed by atoms with Crippen LogP contribution in [0.15, 0.2) is 188 Å². The molecule has 11 rings (SSSR count). The summed E-state index contributed by atoms with van der Waals surface area (Å²) >= 11 is 0. The van der Waals surface area contributed by atoms with Crippen molar-refractivity contribution >= 4 is 16.5 Å². The molecule has 0 unspecified atom stereocenters. The van der Waals surface area contributed by atoms with Gasteiger partial charge in [-0.1, -0.05) is 170 Å². The maximum atomic E-state index is 7.98. The van der Waals surface area contributed by atoms with E-state index in [1.54, 1.807) is 0 Å². The predicted octanol–water partition coefficient (Wildman–Crippen LogP) is 13.2. The molecule has 0 aliphatic heterocycles. The highest BCUT2D eigenvalue weighted by atomic mass is 14.9. The van der Waals surface area contributed by atoms with E-state index in [1.807, 2.05) is 12.1 Å². The van der Waals surface area contributed by atoms with Crippen LogP contribution in [0, 0.1) is 6.57 Å². The Morgan fingerprint density at radius 1 is 0.400 bits per heavy atom. The summed E-state index contributed by atoms with van der Waals surface area (Å²) in [4.78, 5) is 14.3. The molecular weight excluding hydrogens is 667 g/mol. The van der Waals surface area contributed by atoms with Crippen molar-refractivity contribution in [3.63, 3.8) is 0 Å². The minimum absolute atomic E-state index is 0.489. The number of fused-ring (bicyclic) bond motifs is 11. The van der Waals surface area contributed by atoms with E-state index >= 15 is 0 Å². The van der Waals surface area contributed by atoms with Crippen LogP contribution >= 0.6 is 0 Å². The summed E-state index contributed by atoms with van der Waals surface area (Å²) in [5, 5.41) is 2.28. The van der Waals surface area contributed by atoms with E-state index in [9.17, 15) is 0 Å². The molecule has 0 radical (unpaired) electrons. The average Bonchev–Trinajstić information content (AvgIpc) is 3.73. The zero-order valence-electron chi connectivity index (χ0n) is 29.7. The standard InChI is InChI=1S/C52H31N3/c1-53-37-28-29-46-43(31-37)50-39(23-13-27-47(50)52(46)44-25-9-7-21-40(44)41-22-8-10-26-45(41)52)35-18-11-19-36(30-35)49-32-48(34-15-3-2-4-16-34)54-51(55-49)42-24-12-17-33-14-5-6-20-38(33)42/h2-32H. The van der Waals surface area contributed by atoms with Gasteiger partial charge in [0.25, 0.3) is 0 Å². The maximum absolute atomic E-state index is 7.98. The van der Waals surface area contributed by atoms with Gasteiger partial charge in [-0.15, -0.1) is 0 Å².